The second kappa shape index (κ2) is 7.59. The van der Waals surface area contributed by atoms with Crippen molar-refractivity contribution in [2.45, 2.75) is 25.7 Å². The van der Waals surface area contributed by atoms with Crippen LogP contribution in [0.2, 0.25) is 0 Å². The summed E-state index contributed by atoms with van der Waals surface area (Å²) in [6.45, 7) is 5.21. The number of fused-ring (bicyclic) bond motifs is 1. The van der Waals surface area contributed by atoms with Crippen molar-refractivity contribution in [3.8, 4) is 5.88 Å². The van der Waals surface area contributed by atoms with Crippen molar-refractivity contribution in [2.75, 3.05) is 17.7 Å². The number of nitrogens with zero attached hydrogens (tertiary/aromatic N) is 3. The second-order valence-corrected chi connectivity index (χ2v) is 8.75. The lowest BCUT2D eigenvalue weighted by Gasteiger charge is -2.08. The summed E-state index contributed by atoms with van der Waals surface area (Å²) in [4.78, 5) is 16.9. The van der Waals surface area contributed by atoms with Crippen molar-refractivity contribution in [3.05, 3.63) is 41.6 Å². The maximum atomic E-state index is 12.2. The van der Waals surface area contributed by atoms with E-state index in [9.17, 15) is 13.2 Å². The van der Waals surface area contributed by atoms with Crippen LogP contribution < -0.4 is 10.1 Å². The number of carbonyl (C=O) groups excluding carboxylic acids is 1. The van der Waals surface area contributed by atoms with Crippen molar-refractivity contribution in [1.29, 1.82) is 0 Å². The molecule has 148 valence electrons. The Bertz CT molecular complexity index is 1130. The van der Waals surface area contributed by atoms with Crippen LogP contribution in [-0.4, -0.2) is 41.4 Å². The molecule has 8 nitrogen and oxygen atoms in total. The standard InChI is InChI=1S/C19H22N4O4S/c1-5-28(25,26)15-8-6-14(7-9-15)21-16(24)11-27-19-17-12(2)10-13(3)20-18(17)23(4)22-19/h6-10H,5,11H2,1-4H3,(H,21,24). The molecule has 3 aromatic rings. The molecule has 0 fully saturated rings. The maximum absolute atomic E-state index is 12.2. The minimum atomic E-state index is -3.27. The molecule has 28 heavy (non-hydrogen) atoms. The van der Waals surface area contributed by atoms with Crippen LogP contribution in [0, 0.1) is 13.8 Å². The van der Waals surface area contributed by atoms with Gasteiger partial charge >= 0.3 is 0 Å². The molecule has 9 heteroatoms. The van der Waals surface area contributed by atoms with Crippen LogP contribution in [0.1, 0.15) is 18.2 Å². The van der Waals surface area contributed by atoms with Gasteiger partial charge in [-0.3, -0.25) is 4.79 Å². The molecule has 0 aliphatic carbocycles. The van der Waals surface area contributed by atoms with Gasteiger partial charge in [0.2, 0.25) is 5.88 Å². The molecule has 0 aliphatic rings. The van der Waals surface area contributed by atoms with Gasteiger partial charge in [-0.2, -0.15) is 0 Å². The van der Waals surface area contributed by atoms with Crippen LogP contribution >= 0.6 is 0 Å². The lowest BCUT2D eigenvalue weighted by atomic mass is 10.2. The van der Waals surface area contributed by atoms with Crippen LogP contribution in [0.15, 0.2) is 35.2 Å². The lowest BCUT2D eigenvalue weighted by Crippen LogP contribution is -2.20. The van der Waals surface area contributed by atoms with Crippen LogP contribution in [-0.2, 0) is 21.7 Å². The third-order valence-electron chi connectivity index (χ3n) is 4.30. The SMILES string of the molecule is CCS(=O)(=O)c1ccc(NC(=O)COc2nn(C)c3nc(C)cc(C)c23)cc1. The van der Waals surface area contributed by atoms with E-state index in [0.717, 1.165) is 16.6 Å². The number of amides is 1. The summed E-state index contributed by atoms with van der Waals surface area (Å²) in [5.41, 5.74) is 3.04. The Morgan fingerprint density at radius 1 is 1.21 bits per heavy atom. The number of benzene rings is 1. The zero-order valence-corrected chi connectivity index (χ0v) is 17.0. The van der Waals surface area contributed by atoms with E-state index in [4.69, 9.17) is 4.74 Å². The lowest BCUT2D eigenvalue weighted by molar-refractivity contribution is -0.118. The predicted octanol–water partition coefficient (Wildman–Crippen LogP) is 2.40. The predicted molar refractivity (Wildman–Crippen MR) is 106 cm³/mol. The summed E-state index contributed by atoms with van der Waals surface area (Å²) in [6.07, 6.45) is 0. The fourth-order valence-electron chi connectivity index (χ4n) is 2.89. The molecule has 2 heterocycles. The number of nitrogens with one attached hydrogen (secondary N) is 1. The first-order valence-electron chi connectivity index (χ1n) is 8.77. The van der Waals surface area contributed by atoms with Crippen molar-refractivity contribution >= 4 is 32.5 Å². The normalized spacial score (nSPS) is 11.6. The topological polar surface area (TPSA) is 103 Å². The highest BCUT2D eigenvalue weighted by Gasteiger charge is 2.16. The van der Waals surface area contributed by atoms with E-state index >= 15 is 0 Å². The molecule has 0 bridgehead atoms. The Balaban J connectivity index is 1.69. The number of sulfone groups is 1. The molecule has 0 radical (unpaired) electrons. The fraction of sp³-hybridized carbons (Fsp3) is 0.316. The van der Waals surface area contributed by atoms with E-state index in [2.05, 4.69) is 15.4 Å². The largest absolute Gasteiger partial charge is 0.466 e. The van der Waals surface area contributed by atoms with Gasteiger partial charge in [0.15, 0.2) is 22.1 Å². The number of hydrogen-bond acceptors (Lipinski definition) is 6. The number of pyridine rings is 1. The Hall–Kier alpha value is -2.94. The summed E-state index contributed by atoms with van der Waals surface area (Å²) in [5, 5.41) is 7.76. The van der Waals surface area contributed by atoms with Crippen LogP contribution in [0.5, 0.6) is 5.88 Å². The third-order valence-corrected chi connectivity index (χ3v) is 6.05. The second-order valence-electron chi connectivity index (χ2n) is 6.47. The molecule has 0 unspecified atom stereocenters. The van der Waals surface area contributed by atoms with Crippen LogP contribution in [0.3, 0.4) is 0 Å². The van der Waals surface area contributed by atoms with Gasteiger partial charge in [0.25, 0.3) is 5.91 Å². The van der Waals surface area contributed by atoms with Gasteiger partial charge in [0, 0.05) is 18.4 Å². The molecule has 0 saturated heterocycles. The van der Waals surface area contributed by atoms with Gasteiger partial charge in [-0.25, -0.2) is 18.1 Å². The zero-order valence-electron chi connectivity index (χ0n) is 16.2. The van der Waals surface area contributed by atoms with E-state index in [0.29, 0.717) is 17.2 Å². The fourth-order valence-corrected chi connectivity index (χ4v) is 3.78. The Morgan fingerprint density at radius 2 is 1.89 bits per heavy atom. The summed E-state index contributed by atoms with van der Waals surface area (Å²) < 4.78 is 30.9. The maximum Gasteiger partial charge on any atom is 0.262 e. The van der Waals surface area contributed by atoms with Crippen LogP contribution in [0.4, 0.5) is 5.69 Å². The quantitative estimate of drug-likeness (QED) is 0.679. The molecule has 0 spiro atoms. The highest BCUT2D eigenvalue weighted by molar-refractivity contribution is 7.91. The number of carbonyl (C=O) groups is 1. The van der Waals surface area contributed by atoms with E-state index in [1.165, 1.54) is 12.1 Å². The summed E-state index contributed by atoms with van der Waals surface area (Å²) in [6, 6.07) is 7.97. The minimum Gasteiger partial charge on any atom is -0.466 e. The van der Waals surface area contributed by atoms with E-state index < -0.39 is 9.84 Å². The number of aryl methyl sites for hydroxylation is 3. The van der Waals surface area contributed by atoms with Crippen molar-refractivity contribution in [3.63, 3.8) is 0 Å². The Morgan fingerprint density at radius 3 is 2.54 bits per heavy atom. The highest BCUT2D eigenvalue weighted by atomic mass is 32.2. The first-order valence-corrected chi connectivity index (χ1v) is 10.4. The molecule has 0 saturated carbocycles. The summed E-state index contributed by atoms with van der Waals surface area (Å²) >= 11 is 0. The molecule has 0 atom stereocenters. The van der Waals surface area contributed by atoms with E-state index in [1.54, 1.807) is 30.8 Å². The van der Waals surface area contributed by atoms with Gasteiger partial charge in [-0.05, 0) is 49.7 Å². The molecular formula is C19H22N4O4S. The molecule has 1 aromatic carbocycles. The Kier molecular flexibility index (Phi) is 5.37. The van der Waals surface area contributed by atoms with E-state index in [-0.39, 0.29) is 23.2 Å². The van der Waals surface area contributed by atoms with Crippen LogP contribution in [0.25, 0.3) is 11.0 Å². The van der Waals surface area contributed by atoms with Gasteiger partial charge in [-0.15, -0.1) is 5.10 Å². The smallest absolute Gasteiger partial charge is 0.262 e. The molecule has 1 N–H and O–H groups in total. The number of aromatic nitrogens is 3. The number of rotatable bonds is 6. The van der Waals surface area contributed by atoms with Crippen molar-refractivity contribution < 1.29 is 17.9 Å². The van der Waals surface area contributed by atoms with E-state index in [1.807, 2.05) is 19.9 Å². The first-order chi connectivity index (χ1) is 13.2. The third kappa shape index (κ3) is 3.99. The molecular weight excluding hydrogens is 380 g/mol. The Labute approximate surface area is 163 Å². The number of ether oxygens (including phenoxy) is 1. The molecule has 2 aromatic heterocycles. The summed E-state index contributed by atoms with van der Waals surface area (Å²) in [5.74, 6) is 0.00271. The minimum absolute atomic E-state index is 0.0262. The number of hydrogen-bond donors (Lipinski definition) is 1. The first kappa shape index (κ1) is 19.8. The van der Waals surface area contributed by atoms with Gasteiger partial charge in [0.05, 0.1) is 16.0 Å². The monoisotopic (exact) mass is 402 g/mol. The van der Waals surface area contributed by atoms with Crippen molar-refractivity contribution in [1.82, 2.24) is 14.8 Å². The molecule has 3 rings (SSSR count). The highest BCUT2D eigenvalue weighted by Crippen LogP contribution is 2.27. The van der Waals surface area contributed by atoms with Gasteiger partial charge in [-0.1, -0.05) is 6.92 Å². The zero-order chi connectivity index (χ0) is 20.5. The average Bonchev–Trinajstić information content (AvgIpc) is 2.96. The number of anilines is 1. The van der Waals surface area contributed by atoms with Gasteiger partial charge in [0.1, 0.15) is 0 Å². The molecule has 0 aliphatic heterocycles. The van der Waals surface area contributed by atoms with Crippen molar-refractivity contribution in [2.24, 2.45) is 7.05 Å². The summed E-state index contributed by atoms with van der Waals surface area (Å²) in [7, 11) is -1.50. The molecule has 1 amide bonds. The average molecular weight is 402 g/mol. The van der Waals surface area contributed by atoms with Gasteiger partial charge < -0.3 is 10.1 Å².